The van der Waals surface area contributed by atoms with E-state index >= 15 is 0 Å². The fourth-order valence-corrected chi connectivity index (χ4v) is 3.55. The highest BCUT2D eigenvalue weighted by molar-refractivity contribution is 5.33. The van der Waals surface area contributed by atoms with Gasteiger partial charge < -0.3 is 15.2 Å². The van der Waals surface area contributed by atoms with Gasteiger partial charge in [-0.2, -0.15) is 0 Å². The molecule has 0 radical (unpaired) electrons. The van der Waals surface area contributed by atoms with Gasteiger partial charge in [0, 0.05) is 23.7 Å². The first-order valence-corrected chi connectivity index (χ1v) is 6.93. The quantitative estimate of drug-likeness (QED) is 0.862. The van der Waals surface area contributed by atoms with Crippen LogP contribution >= 0.6 is 0 Å². The Labute approximate surface area is 112 Å². The second-order valence-electron chi connectivity index (χ2n) is 5.78. The molecule has 2 fully saturated rings. The van der Waals surface area contributed by atoms with Crippen LogP contribution in [0.5, 0.6) is 5.75 Å². The molecule has 3 rings (SSSR count). The zero-order valence-corrected chi connectivity index (χ0v) is 11.2. The summed E-state index contributed by atoms with van der Waals surface area (Å²) in [7, 11) is 1.51. The zero-order chi connectivity index (χ0) is 13.5. The molecule has 3 nitrogen and oxygen atoms in total. The van der Waals surface area contributed by atoms with Crippen molar-refractivity contribution in [3.8, 4) is 5.75 Å². The average Bonchev–Trinajstić information content (AvgIpc) is 2.37. The van der Waals surface area contributed by atoms with Crippen molar-refractivity contribution < 1.29 is 14.2 Å². The molecule has 0 amide bonds. The highest BCUT2D eigenvalue weighted by Gasteiger charge is 2.43. The molecule has 2 heterocycles. The van der Waals surface area contributed by atoms with Gasteiger partial charge in [0.2, 0.25) is 0 Å². The van der Waals surface area contributed by atoms with Gasteiger partial charge >= 0.3 is 0 Å². The normalized spacial score (nSPS) is 34.1. The van der Waals surface area contributed by atoms with Gasteiger partial charge in [0.05, 0.1) is 12.7 Å². The molecule has 4 heteroatoms. The molecule has 104 valence electrons. The summed E-state index contributed by atoms with van der Waals surface area (Å²) in [5.41, 5.74) is -0.635. The van der Waals surface area contributed by atoms with Crippen molar-refractivity contribution >= 4 is 0 Å². The highest BCUT2D eigenvalue weighted by atomic mass is 19.1. The number of rotatable bonds is 2. The summed E-state index contributed by atoms with van der Waals surface area (Å²) in [6, 6.07) is 5.34. The lowest BCUT2D eigenvalue weighted by molar-refractivity contribution is -0.0383. The summed E-state index contributed by atoms with van der Waals surface area (Å²) in [5, 5.41) is 14.4. The lowest BCUT2D eigenvalue weighted by Crippen LogP contribution is -2.54. The molecule has 0 aromatic heterocycles. The molecular formula is C15H20FNO2. The van der Waals surface area contributed by atoms with Crippen molar-refractivity contribution in [3.63, 3.8) is 0 Å². The van der Waals surface area contributed by atoms with Gasteiger partial charge in [-0.3, -0.25) is 0 Å². The first-order chi connectivity index (χ1) is 9.10. The summed E-state index contributed by atoms with van der Waals surface area (Å²) in [4.78, 5) is 0. The van der Waals surface area contributed by atoms with Gasteiger partial charge in [0.15, 0.2) is 0 Å². The predicted octanol–water partition coefficient (Wildman–Crippen LogP) is 2.33. The van der Waals surface area contributed by atoms with Crippen LogP contribution in [-0.2, 0) is 5.60 Å². The molecule has 0 aliphatic carbocycles. The molecule has 2 aliphatic heterocycles. The average molecular weight is 265 g/mol. The van der Waals surface area contributed by atoms with Gasteiger partial charge in [-0.05, 0) is 37.8 Å². The van der Waals surface area contributed by atoms with Gasteiger partial charge in [-0.15, -0.1) is 0 Å². The number of nitrogens with one attached hydrogen (secondary N) is 1. The lowest BCUT2D eigenvalue weighted by atomic mass is 9.74. The zero-order valence-electron chi connectivity index (χ0n) is 11.2. The van der Waals surface area contributed by atoms with E-state index in [1.807, 2.05) is 0 Å². The van der Waals surface area contributed by atoms with Crippen molar-refractivity contribution in [2.24, 2.45) is 0 Å². The number of methoxy groups -OCH3 is 1. The van der Waals surface area contributed by atoms with Crippen molar-refractivity contribution in [2.75, 3.05) is 7.11 Å². The van der Waals surface area contributed by atoms with E-state index in [-0.39, 0.29) is 5.82 Å². The van der Waals surface area contributed by atoms with E-state index in [0.717, 1.165) is 12.8 Å². The van der Waals surface area contributed by atoms with Gasteiger partial charge in [-0.1, -0.05) is 6.42 Å². The smallest absolute Gasteiger partial charge is 0.132 e. The minimum absolute atomic E-state index is 0.305. The molecule has 2 N–H and O–H groups in total. The van der Waals surface area contributed by atoms with Crippen molar-refractivity contribution in [3.05, 3.63) is 29.6 Å². The van der Waals surface area contributed by atoms with Crippen LogP contribution in [0.2, 0.25) is 0 Å². The monoisotopic (exact) mass is 265 g/mol. The highest BCUT2D eigenvalue weighted by Crippen LogP contribution is 2.41. The Kier molecular flexibility index (Phi) is 3.23. The molecule has 2 saturated heterocycles. The maximum absolute atomic E-state index is 14.2. The third-order valence-corrected chi connectivity index (χ3v) is 4.42. The molecule has 1 aromatic carbocycles. The number of ether oxygens (including phenoxy) is 1. The Morgan fingerprint density at radius 3 is 2.58 bits per heavy atom. The number of halogens is 1. The molecule has 0 spiro atoms. The summed E-state index contributed by atoms with van der Waals surface area (Å²) in [6.45, 7) is 0. The van der Waals surface area contributed by atoms with Gasteiger partial charge in [0.25, 0.3) is 0 Å². The van der Waals surface area contributed by atoms with E-state index in [1.165, 1.54) is 19.6 Å². The standard InChI is InChI=1S/C15H20FNO2/c1-19-12-5-6-13(14(16)7-12)15(18)8-10-3-2-4-11(9-15)17-10/h5-7,10-11,17-18H,2-4,8-9H2,1H3. The second-order valence-corrected chi connectivity index (χ2v) is 5.78. The Bertz CT molecular complexity index is 465. The van der Waals surface area contributed by atoms with E-state index in [1.54, 1.807) is 12.1 Å². The Morgan fingerprint density at radius 1 is 1.32 bits per heavy atom. The number of benzene rings is 1. The number of piperidine rings is 2. The maximum Gasteiger partial charge on any atom is 0.132 e. The van der Waals surface area contributed by atoms with Crippen LogP contribution in [0.4, 0.5) is 4.39 Å². The summed E-state index contributed by atoms with van der Waals surface area (Å²) in [6.07, 6.45) is 4.51. The van der Waals surface area contributed by atoms with Crippen LogP contribution in [0, 0.1) is 5.82 Å². The third-order valence-electron chi connectivity index (χ3n) is 4.42. The van der Waals surface area contributed by atoms with Crippen LogP contribution < -0.4 is 10.1 Å². The van der Waals surface area contributed by atoms with Crippen LogP contribution in [-0.4, -0.2) is 24.3 Å². The predicted molar refractivity (Wildman–Crippen MR) is 70.6 cm³/mol. The van der Waals surface area contributed by atoms with Crippen molar-refractivity contribution in [2.45, 2.75) is 49.8 Å². The second kappa shape index (κ2) is 4.76. The summed E-state index contributed by atoms with van der Waals surface area (Å²) in [5.74, 6) is 0.112. The summed E-state index contributed by atoms with van der Waals surface area (Å²) >= 11 is 0. The fraction of sp³-hybridized carbons (Fsp3) is 0.600. The first-order valence-electron chi connectivity index (χ1n) is 6.93. The van der Waals surface area contributed by atoms with E-state index in [9.17, 15) is 9.50 Å². The third kappa shape index (κ3) is 2.35. The van der Waals surface area contributed by atoms with E-state index in [4.69, 9.17) is 4.74 Å². The number of aliphatic hydroxyl groups is 1. The Morgan fingerprint density at radius 2 is 2.00 bits per heavy atom. The number of fused-ring (bicyclic) bond motifs is 2. The van der Waals surface area contributed by atoms with E-state index in [0.29, 0.717) is 36.2 Å². The summed E-state index contributed by atoms with van der Waals surface area (Å²) < 4.78 is 19.2. The number of hydrogen-bond donors (Lipinski definition) is 2. The minimum Gasteiger partial charge on any atom is -0.497 e. The SMILES string of the molecule is COc1ccc(C2(O)CC3CCCC(C2)N3)c(F)c1. The molecule has 1 aromatic rings. The van der Waals surface area contributed by atoms with Crippen LogP contribution in [0.1, 0.15) is 37.7 Å². The van der Waals surface area contributed by atoms with E-state index in [2.05, 4.69) is 5.32 Å². The lowest BCUT2D eigenvalue weighted by Gasteiger charge is -2.45. The van der Waals surface area contributed by atoms with Crippen LogP contribution in [0.15, 0.2) is 18.2 Å². The number of hydrogen-bond acceptors (Lipinski definition) is 3. The first kappa shape index (κ1) is 12.9. The molecular weight excluding hydrogens is 245 g/mol. The van der Waals surface area contributed by atoms with E-state index < -0.39 is 5.60 Å². The topological polar surface area (TPSA) is 41.5 Å². The fourth-order valence-electron chi connectivity index (χ4n) is 3.55. The van der Waals surface area contributed by atoms with Crippen LogP contribution in [0.3, 0.4) is 0 Å². The Hall–Kier alpha value is -1.13. The maximum atomic E-state index is 14.2. The van der Waals surface area contributed by atoms with Gasteiger partial charge in [0.1, 0.15) is 11.6 Å². The molecule has 2 bridgehead atoms. The van der Waals surface area contributed by atoms with Crippen molar-refractivity contribution in [1.82, 2.24) is 5.32 Å². The Balaban J connectivity index is 1.91. The van der Waals surface area contributed by atoms with Crippen LogP contribution in [0.25, 0.3) is 0 Å². The van der Waals surface area contributed by atoms with Crippen molar-refractivity contribution in [1.29, 1.82) is 0 Å². The molecule has 2 atom stereocenters. The molecule has 19 heavy (non-hydrogen) atoms. The van der Waals surface area contributed by atoms with Gasteiger partial charge in [-0.25, -0.2) is 4.39 Å². The molecule has 0 saturated carbocycles. The minimum atomic E-state index is -1.04. The molecule has 2 aliphatic rings. The largest absolute Gasteiger partial charge is 0.497 e. The molecule has 2 unspecified atom stereocenters.